The van der Waals surface area contributed by atoms with Gasteiger partial charge in [-0.2, -0.15) is 5.26 Å². The van der Waals surface area contributed by atoms with Crippen molar-refractivity contribution in [2.45, 2.75) is 12.5 Å². The summed E-state index contributed by atoms with van der Waals surface area (Å²) in [7, 11) is 0. The number of rotatable bonds is 2. The van der Waals surface area contributed by atoms with E-state index in [-0.39, 0.29) is 6.04 Å². The third kappa shape index (κ3) is 2.24. The van der Waals surface area contributed by atoms with E-state index in [1.165, 1.54) is 12.4 Å². The van der Waals surface area contributed by atoms with Gasteiger partial charge >= 0.3 is 0 Å². The number of benzene rings is 1. The van der Waals surface area contributed by atoms with Crippen molar-refractivity contribution < 1.29 is 4.42 Å². The number of hydrogen-bond acceptors (Lipinski definition) is 6. The number of para-hydroxylation sites is 1. The number of nitriles is 1. The first-order valence-electron chi connectivity index (χ1n) is 8.33. The largest absolute Gasteiger partial charge is 0.458 e. The van der Waals surface area contributed by atoms with Crippen LogP contribution in [0.4, 0.5) is 5.95 Å². The minimum absolute atomic E-state index is 0.217. The normalized spacial score (nSPS) is 16.4. The Morgan fingerprint density at radius 1 is 1.19 bits per heavy atom. The van der Waals surface area contributed by atoms with Crippen LogP contribution in [0.5, 0.6) is 0 Å². The van der Waals surface area contributed by atoms with E-state index in [1.807, 2.05) is 36.4 Å². The molecule has 5 rings (SSSR count). The maximum Gasteiger partial charge on any atom is 0.226 e. The molecule has 0 radical (unpaired) electrons. The molecule has 0 bridgehead atoms. The average Bonchev–Trinajstić information content (AvgIpc) is 3.33. The number of H-pyrrole nitrogens is 1. The third-order valence-electron chi connectivity index (χ3n) is 4.66. The SMILES string of the molecule is N#Cc1cnc(N2CCc3[nH]cnc3[C@@H]2c2cc3ccccc3o2)nc1. The first-order valence-corrected chi connectivity index (χ1v) is 8.33. The summed E-state index contributed by atoms with van der Waals surface area (Å²) in [5.74, 6) is 1.36. The highest BCUT2D eigenvalue weighted by Gasteiger charge is 2.35. The molecule has 1 aromatic carbocycles. The minimum atomic E-state index is -0.217. The van der Waals surface area contributed by atoms with Crippen molar-refractivity contribution in [3.05, 3.63) is 71.8 Å². The molecule has 7 heteroatoms. The molecule has 0 amide bonds. The molecule has 0 spiro atoms. The van der Waals surface area contributed by atoms with E-state index < -0.39 is 0 Å². The topological polar surface area (TPSA) is 94.6 Å². The first-order chi connectivity index (χ1) is 12.8. The zero-order valence-corrected chi connectivity index (χ0v) is 13.8. The number of hydrogen-bond donors (Lipinski definition) is 1. The lowest BCUT2D eigenvalue weighted by atomic mass is 10.0. The summed E-state index contributed by atoms with van der Waals surface area (Å²) in [6, 6.07) is 11.8. The molecule has 1 N–H and O–H groups in total. The van der Waals surface area contributed by atoms with E-state index in [0.29, 0.717) is 11.5 Å². The molecule has 0 fully saturated rings. The van der Waals surface area contributed by atoms with Gasteiger partial charge in [0.15, 0.2) is 0 Å². The number of nitrogens with zero attached hydrogens (tertiary/aromatic N) is 5. The summed E-state index contributed by atoms with van der Waals surface area (Å²) in [6.07, 6.45) is 5.61. The van der Waals surface area contributed by atoms with Gasteiger partial charge in [-0.05, 0) is 12.1 Å². The standard InChI is InChI=1S/C19H14N6O/c20-8-12-9-21-19(22-10-12)25-6-5-14-17(24-11-23-14)18(25)16-7-13-3-1-2-4-15(13)26-16/h1-4,7,9-11,18H,5-6H2,(H,23,24)/t18-/m0/s1. The molecule has 4 heterocycles. The van der Waals surface area contributed by atoms with Gasteiger partial charge in [0, 0.05) is 24.0 Å². The van der Waals surface area contributed by atoms with Gasteiger partial charge in [0.05, 0.1) is 30.0 Å². The van der Waals surface area contributed by atoms with Gasteiger partial charge in [0.2, 0.25) is 5.95 Å². The summed E-state index contributed by atoms with van der Waals surface area (Å²) in [4.78, 5) is 18.6. The van der Waals surface area contributed by atoms with Crippen LogP contribution in [0.1, 0.15) is 28.8 Å². The molecule has 1 atom stereocenters. The van der Waals surface area contributed by atoms with Crippen LogP contribution in [0.25, 0.3) is 11.0 Å². The van der Waals surface area contributed by atoms with Crippen molar-refractivity contribution in [2.24, 2.45) is 0 Å². The average molecular weight is 342 g/mol. The highest BCUT2D eigenvalue weighted by atomic mass is 16.3. The number of furan rings is 1. The smallest absolute Gasteiger partial charge is 0.226 e. The van der Waals surface area contributed by atoms with Crippen LogP contribution in [-0.2, 0) is 6.42 Å². The Hall–Kier alpha value is -3.66. The Morgan fingerprint density at radius 2 is 2.04 bits per heavy atom. The number of anilines is 1. The van der Waals surface area contributed by atoms with E-state index >= 15 is 0 Å². The quantitative estimate of drug-likeness (QED) is 0.602. The van der Waals surface area contributed by atoms with Crippen molar-refractivity contribution in [3.63, 3.8) is 0 Å². The third-order valence-corrected chi connectivity index (χ3v) is 4.66. The van der Waals surface area contributed by atoms with E-state index in [0.717, 1.165) is 41.1 Å². The molecule has 0 saturated carbocycles. The summed E-state index contributed by atoms with van der Waals surface area (Å²) >= 11 is 0. The molecule has 1 aliphatic rings. The second-order valence-corrected chi connectivity index (χ2v) is 6.18. The van der Waals surface area contributed by atoms with Gasteiger partial charge in [-0.3, -0.25) is 0 Å². The Balaban J connectivity index is 1.65. The van der Waals surface area contributed by atoms with Crippen molar-refractivity contribution in [3.8, 4) is 6.07 Å². The van der Waals surface area contributed by atoms with E-state index in [2.05, 4.69) is 24.8 Å². The predicted octanol–water partition coefficient (Wildman–Crippen LogP) is 2.97. The van der Waals surface area contributed by atoms with Crippen LogP contribution in [0, 0.1) is 11.3 Å². The number of fused-ring (bicyclic) bond motifs is 2. The van der Waals surface area contributed by atoms with E-state index in [4.69, 9.17) is 9.68 Å². The Kier molecular flexibility index (Phi) is 3.22. The molecule has 0 unspecified atom stereocenters. The van der Waals surface area contributed by atoms with Crippen molar-refractivity contribution in [1.29, 1.82) is 5.26 Å². The molecule has 3 aromatic heterocycles. The Labute approximate surface area is 148 Å². The fraction of sp³-hybridized carbons (Fsp3) is 0.158. The van der Waals surface area contributed by atoms with Crippen LogP contribution in [0.3, 0.4) is 0 Å². The summed E-state index contributed by atoms with van der Waals surface area (Å²) in [5.41, 5.74) is 3.29. The zero-order valence-electron chi connectivity index (χ0n) is 13.8. The molecule has 126 valence electrons. The van der Waals surface area contributed by atoms with Gasteiger partial charge < -0.3 is 14.3 Å². The molecule has 0 saturated heterocycles. The maximum absolute atomic E-state index is 8.98. The van der Waals surface area contributed by atoms with Crippen LogP contribution in [-0.4, -0.2) is 26.5 Å². The summed E-state index contributed by atoms with van der Waals surface area (Å²) in [5, 5.41) is 10.0. The fourth-order valence-corrected chi connectivity index (χ4v) is 3.44. The lowest BCUT2D eigenvalue weighted by Crippen LogP contribution is -2.37. The second-order valence-electron chi connectivity index (χ2n) is 6.18. The van der Waals surface area contributed by atoms with Crippen molar-refractivity contribution in [2.75, 3.05) is 11.4 Å². The molecular weight excluding hydrogens is 328 g/mol. The minimum Gasteiger partial charge on any atom is -0.458 e. The Morgan fingerprint density at radius 3 is 2.85 bits per heavy atom. The lowest BCUT2D eigenvalue weighted by molar-refractivity contribution is 0.483. The number of aromatic amines is 1. The fourth-order valence-electron chi connectivity index (χ4n) is 3.44. The van der Waals surface area contributed by atoms with Gasteiger partial charge in [-0.15, -0.1) is 0 Å². The van der Waals surface area contributed by atoms with Gasteiger partial charge in [-0.25, -0.2) is 15.0 Å². The van der Waals surface area contributed by atoms with Gasteiger partial charge in [0.1, 0.15) is 23.5 Å². The zero-order chi connectivity index (χ0) is 17.5. The molecule has 4 aromatic rings. The van der Waals surface area contributed by atoms with Gasteiger partial charge in [-0.1, -0.05) is 18.2 Å². The highest BCUT2D eigenvalue weighted by molar-refractivity contribution is 5.78. The highest BCUT2D eigenvalue weighted by Crippen LogP contribution is 2.37. The van der Waals surface area contributed by atoms with Crippen LogP contribution < -0.4 is 4.90 Å². The lowest BCUT2D eigenvalue weighted by Gasteiger charge is -2.33. The molecule has 1 aliphatic heterocycles. The number of nitrogens with one attached hydrogen (secondary N) is 1. The van der Waals surface area contributed by atoms with E-state index in [9.17, 15) is 0 Å². The van der Waals surface area contributed by atoms with Crippen LogP contribution in [0.2, 0.25) is 0 Å². The van der Waals surface area contributed by atoms with Gasteiger partial charge in [0.25, 0.3) is 0 Å². The van der Waals surface area contributed by atoms with Crippen LogP contribution in [0.15, 0.2) is 53.5 Å². The van der Waals surface area contributed by atoms with Crippen molar-refractivity contribution in [1.82, 2.24) is 19.9 Å². The second kappa shape index (κ2) is 5.70. The molecule has 26 heavy (non-hydrogen) atoms. The Bertz CT molecular complexity index is 1090. The first kappa shape index (κ1) is 14.7. The van der Waals surface area contributed by atoms with E-state index in [1.54, 1.807) is 6.33 Å². The maximum atomic E-state index is 8.98. The molecule has 7 nitrogen and oxygen atoms in total. The number of imidazole rings is 1. The predicted molar refractivity (Wildman–Crippen MR) is 94.4 cm³/mol. The molecule has 0 aliphatic carbocycles. The van der Waals surface area contributed by atoms with Crippen LogP contribution >= 0.6 is 0 Å². The monoisotopic (exact) mass is 342 g/mol. The van der Waals surface area contributed by atoms with Crippen molar-refractivity contribution >= 4 is 16.9 Å². The summed E-state index contributed by atoms with van der Waals surface area (Å²) in [6.45, 7) is 0.725. The summed E-state index contributed by atoms with van der Waals surface area (Å²) < 4.78 is 6.13. The molecular formula is C19H14N6O. The number of aromatic nitrogens is 4.